The van der Waals surface area contributed by atoms with Gasteiger partial charge in [-0.2, -0.15) is 0 Å². The largest absolute Gasteiger partial charge is 0.381 e. The van der Waals surface area contributed by atoms with Crippen molar-refractivity contribution in [1.29, 1.82) is 0 Å². The zero-order chi connectivity index (χ0) is 17.9. The van der Waals surface area contributed by atoms with Crippen molar-refractivity contribution in [3.8, 4) is 0 Å². The topological polar surface area (TPSA) is 42.4 Å². The van der Waals surface area contributed by atoms with E-state index in [2.05, 4.69) is 9.88 Å². The molecule has 0 aliphatic carbocycles. The van der Waals surface area contributed by atoms with Crippen LogP contribution < -0.4 is 0 Å². The second kappa shape index (κ2) is 8.11. The van der Waals surface area contributed by atoms with Gasteiger partial charge >= 0.3 is 0 Å². The van der Waals surface area contributed by atoms with Crippen molar-refractivity contribution in [3.63, 3.8) is 0 Å². The maximum Gasteiger partial charge on any atom is 0.156 e. The molecule has 2 saturated heterocycles. The summed E-state index contributed by atoms with van der Waals surface area (Å²) in [6.45, 7) is 3.68. The Morgan fingerprint density at radius 3 is 2.92 bits per heavy atom. The smallest absolute Gasteiger partial charge is 0.156 e. The lowest BCUT2D eigenvalue weighted by atomic mass is 9.93. The molecule has 2 aromatic rings. The molecule has 26 heavy (non-hydrogen) atoms. The summed E-state index contributed by atoms with van der Waals surface area (Å²) in [5.74, 6) is 0.557. The number of carbonyl (C=O) groups excluding carboxylic acids is 1. The van der Waals surface area contributed by atoms with E-state index in [1.807, 2.05) is 6.07 Å². The van der Waals surface area contributed by atoms with Crippen LogP contribution in [0.2, 0.25) is 0 Å². The molecule has 2 aliphatic heterocycles. The Morgan fingerprint density at radius 2 is 2.12 bits per heavy atom. The van der Waals surface area contributed by atoms with E-state index in [1.54, 1.807) is 6.07 Å². The van der Waals surface area contributed by atoms with Crippen LogP contribution in [-0.4, -0.2) is 48.0 Å². The molecule has 0 spiro atoms. The molecular formula is C20H25FN2O2S. The van der Waals surface area contributed by atoms with Crippen LogP contribution in [0.5, 0.6) is 0 Å². The molecular weight excluding hydrogens is 351 g/mol. The lowest BCUT2D eigenvalue weighted by Crippen LogP contribution is -2.47. The molecule has 2 fully saturated rings. The third-order valence-electron chi connectivity index (χ3n) is 5.56. The fraction of sp³-hybridized carbons (Fsp3) is 0.600. The van der Waals surface area contributed by atoms with Crippen molar-refractivity contribution in [2.75, 3.05) is 26.3 Å². The number of aromatic nitrogens is 1. The molecule has 0 bridgehead atoms. The van der Waals surface area contributed by atoms with Gasteiger partial charge in [-0.3, -0.25) is 9.69 Å². The van der Waals surface area contributed by atoms with Gasteiger partial charge < -0.3 is 4.74 Å². The second-order valence-corrected chi connectivity index (χ2v) is 8.51. The summed E-state index contributed by atoms with van der Waals surface area (Å²) in [6.07, 6.45) is 5.70. The minimum Gasteiger partial charge on any atom is -0.381 e. The molecule has 0 saturated carbocycles. The molecule has 1 aromatic heterocycles. The lowest BCUT2D eigenvalue weighted by Gasteiger charge is -2.37. The van der Waals surface area contributed by atoms with Crippen LogP contribution in [-0.2, 0) is 16.0 Å². The number of ether oxygens (including phenoxy) is 1. The first-order chi connectivity index (χ1) is 12.7. The van der Waals surface area contributed by atoms with Crippen molar-refractivity contribution in [2.24, 2.45) is 5.92 Å². The van der Waals surface area contributed by atoms with E-state index < -0.39 is 0 Å². The quantitative estimate of drug-likeness (QED) is 0.795. The van der Waals surface area contributed by atoms with E-state index >= 15 is 0 Å². The second-order valence-electron chi connectivity index (χ2n) is 7.40. The number of nitrogens with zero attached hydrogens (tertiary/aromatic N) is 2. The van der Waals surface area contributed by atoms with Crippen LogP contribution in [0.25, 0.3) is 10.2 Å². The van der Waals surface area contributed by atoms with Gasteiger partial charge in [0.25, 0.3) is 0 Å². The fourth-order valence-electron chi connectivity index (χ4n) is 4.14. The van der Waals surface area contributed by atoms with E-state index in [0.717, 1.165) is 61.7 Å². The molecule has 0 N–H and O–H groups in total. The highest BCUT2D eigenvalue weighted by molar-refractivity contribution is 7.18. The highest BCUT2D eigenvalue weighted by Gasteiger charge is 2.31. The standard InChI is InChI=1S/C20H25FN2O2S/c21-15-4-3-6-18-20(15)22-19(26-18)12-17(24)16-5-1-2-9-23(16)13-14-7-10-25-11-8-14/h3-4,6,14,16H,1-2,5,7-13H2/t16-/m0/s1. The van der Waals surface area contributed by atoms with Crippen LogP contribution >= 0.6 is 11.3 Å². The molecule has 0 radical (unpaired) electrons. The average Bonchev–Trinajstić information content (AvgIpc) is 3.07. The Morgan fingerprint density at radius 1 is 1.27 bits per heavy atom. The van der Waals surface area contributed by atoms with Crippen molar-refractivity contribution < 1.29 is 13.9 Å². The summed E-state index contributed by atoms with van der Waals surface area (Å²) < 4.78 is 20.1. The maximum absolute atomic E-state index is 13.9. The summed E-state index contributed by atoms with van der Waals surface area (Å²) in [6, 6.07) is 4.97. The number of para-hydroxylation sites is 1. The van der Waals surface area contributed by atoms with Gasteiger partial charge in [0.1, 0.15) is 16.3 Å². The van der Waals surface area contributed by atoms with Gasteiger partial charge in [-0.1, -0.05) is 12.5 Å². The van der Waals surface area contributed by atoms with Crippen molar-refractivity contribution in [1.82, 2.24) is 9.88 Å². The molecule has 0 amide bonds. The number of carbonyl (C=O) groups is 1. The average molecular weight is 376 g/mol. The zero-order valence-corrected chi connectivity index (χ0v) is 15.8. The third kappa shape index (κ3) is 3.97. The summed E-state index contributed by atoms with van der Waals surface area (Å²) in [7, 11) is 0. The molecule has 1 atom stereocenters. The summed E-state index contributed by atoms with van der Waals surface area (Å²) in [5, 5.41) is 0.728. The Balaban J connectivity index is 1.44. The monoisotopic (exact) mass is 376 g/mol. The number of likely N-dealkylation sites (tertiary alicyclic amines) is 1. The first-order valence-electron chi connectivity index (χ1n) is 9.59. The van der Waals surface area contributed by atoms with Crippen LogP contribution in [0.4, 0.5) is 4.39 Å². The number of Topliss-reactive ketones (excluding diaryl/α,β-unsaturated/α-hetero) is 1. The number of benzene rings is 1. The molecule has 4 nitrogen and oxygen atoms in total. The SMILES string of the molecule is O=C(Cc1nc2c(F)cccc2s1)[C@@H]1CCCCN1CC1CCOCC1. The van der Waals surface area contributed by atoms with Gasteiger partial charge in [0.05, 0.1) is 17.2 Å². The van der Waals surface area contributed by atoms with Crippen molar-refractivity contribution in [2.45, 2.75) is 44.6 Å². The molecule has 140 valence electrons. The molecule has 3 heterocycles. The van der Waals surface area contributed by atoms with Gasteiger partial charge in [0.15, 0.2) is 5.78 Å². The number of hydrogen-bond acceptors (Lipinski definition) is 5. The number of hydrogen-bond donors (Lipinski definition) is 0. The fourth-order valence-corrected chi connectivity index (χ4v) is 5.13. The number of rotatable bonds is 5. The van der Waals surface area contributed by atoms with E-state index in [-0.39, 0.29) is 17.6 Å². The highest BCUT2D eigenvalue weighted by atomic mass is 32.1. The number of piperidine rings is 1. The normalized spacial score (nSPS) is 22.7. The molecule has 4 rings (SSSR count). The Bertz CT molecular complexity index is 772. The van der Waals surface area contributed by atoms with E-state index in [1.165, 1.54) is 23.8 Å². The number of thiazole rings is 1. The Labute approximate surface area is 157 Å². The number of fused-ring (bicyclic) bond motifs is 1. The first-order valence-corrected chi connectivity index (χ1v) is 10.4. The van der Waals surface area contributed by atoms with Crippen molar-refractivity contribution >= 4 is 27.3 Å². The summed E-state index contributed by atoms with van der Waals surface area (Å²) in [4.78, 5) is 19.7. The number of ketones is 1. The van der Waals surface area contributed by atoms with Gasteiger partial charge in [0, 0.05) is 19.8 Å². The predicted molar refractivity (Wildman–Crippen MR) is 101 cm³/mol. The van der Waals surface area contributed by atoms with Gasteiger partial charge in [-0.15, -0.1) is 11.3 Å². The lowest BCUT2D eigenvalue weighted by molar-refractivity contribution is -0.125. The van der Waals surface area contributed by atoms with E-state index in [0.29, 0.717) is 17.9 Å². The minimum atomic E-state index is -0.309. The molecule has 2 aliphatic rings. The van der Waals surface area contributed by atoms with Crippen LogP contribution in [0, 0.1) is 11.7 Å². The predicted octanol–water partition coefficient (Wildman–Crippen LogP) is 3.83. The van der Waals surface area contributed by atoms with E-state index in [9.17, 15) is 9.18 Å². The maximum atomic E-state index is 13.9. The van der Waals surface area contributed by atoms with Crippen molar-refractivity contribution in [3.05, 3.63) is 29.0 Å². The summed E-state index contributed by atoms with van der Waals surface area (Å²) in [5.41, 5.74) is 0.392. The van der Waals surface area contributed by atoms with E-state index in [4.69, 9.17) is 4.74 Å². The third-order valence-corrected chi connectivity index (χ3v) is 6.58. The molecule has 6 heteroatoms. The van der Waals surface area contributed by atoms with Crippen LogP contribution in [0.15, 0.2) is 18.2 Å². The number of halogens is 1. The van der Waals surface area contributed by atoms with Gasteiger partial charge in [0.2, 0.25) is 0 Å². The Hall–Kier alpha value is -1.37. The van der Waals surface area contributed by atoms with Gasteiger partial charge in [-0.05, 0) is 50.3 Å². The molecule has 0 unspecified atom stereocenters. The Kier molecular flexibility index (Phi) is 5.62. The zero-order valence-electron chi connectivity index (χ0n) is 15.0. The van der Waals surface area contributed by atoms with Gasteiger partial charge in [-0.25, -0.2) is 9.37 Å². The minimum absolute atomic E-state index is 0.0107. The first kappa shape index (κ1) is 18.0. The summed E-state index contributed by atoms with van der Waals surface area (Å²) >= 11 is 1.43. The molecule has 1 aromatic carbocycles. The van der Waals surface area contributed by atoms with Crippen LogP contribution in [0.1, 0.15) is 37.1 Å². The van der Waals surface area contributed by atoms with Crippen LogP contribution in [0.3, 0.4) is 0 Å². The highest BCUT2D eigenvalue weighted by Crippen LogP contribution is 2.27.